The summed E-state index contributed by atoms with van der Waals surface area (Å²) in [5.41, 5.74) is 0. The molecule has 0 aliphatic heterocycles. The van der Waals surface area contributed by atoms with Gasteiger partial charge in [0.05, 0.1) is 11.1 Å². The van der Waals surface area contributed by atoms with E-state index in [1.165, 1.54) is 31.0 Å². The Balaban J connectivity index is 1.83. The van der Waals surface area contributed by atoms with Crippen LogP contribution in [0.25, 0.3) is 0 Å². The van der Waals surface area contributed by atoms with Crippen molar-refractivity contribution < 1.29 is 27.4 Å². The molecule has 7 heteroatoms. The first-order valence-electron chi connectivity index (χ1n) is 5.70. The molecule has 0 N–H and O–H groups in total. The monoisotopic (exact) mass is 340 g/mol. The van der Waals surface area contributed by atoms with Crippen LogP contribution in [0.1, 0.15) is 12.8 Å². The van der Waals surface area contributed by atoms with Crippen LogP contribution < -0.4 is 9.47 Å². The Hall–Kier alpha value is -0.950. The molecule has 0 atom stereocenters. The van der Waals surface area contributed by atoms with Crippen molar-refractivity contribution >= 4 is 15.9 Å². The summed E-state index contributed by atoms with van der Waals surface area (Å²) in [5.74, 6) is 0.744. The maximum atomic E-state index is 12.1. The van der Waals surface area contributed by atoms with Gasteiger partial charge in [-0.2, -0.15) is 0 Å². The van der Waals surface area contributed by atoms with Gasteiger partial charge in [-0.3, -0.25) is 0 Å². The average Bonchev–Trinajstić information content (AvgIpc) is 3.10. The lowest BCUT2D eigenvalue weighted by Gasteiger charge is -2.12. The molecule has 0 radical (unpaired) electrons. The van der Waals surface area contributed by atoms with E-state index in [0.717, 1.165) is 0 Å². The Morgan fingerprint density at radius 1 is 1.26 bits per heavy atom. The fraction of sp³-hybridized carbons (Fsp3) is 0.500. The summed E-state index contributed by atoms with van der Waals surface area (Å²) in [5, 5.41) is 0. The van der Waals surface area contributed by atoms with E-state index in [0.29, 0.717) is 18.3 Å². The highest BCUT2D eigenvalue weighted by atomic mass is 79.9. The molecular formula is C12H12BrF3O3. The van der Waals surface area contributed by atoms with E-state index >= 15 is 0 Å². The van der Waals surface area contributed by atoms with Gasteiger partial charge in [0, 0.05) is 0 Å². The molecule has 19 heavy (non-hydrogen) atoms. The van der Waals surface area contributed by atoms with Gasteiger partial charge in [-0.25, -0.2) is 0 Å². The molecule has 106 valence electrons. The van der Waals surface area contributed by atoms with E-state index in [1.54, 1.807) is 0 Å². The minimum absolute atomic E-state index is 0.0857. The van der Waals surface area contributed by atoms with Crippen LogP contribution in [0.15, 0.2) is 22.7 Å². The molecule has 1 aromatic rings. The predicted octanol–water partition coefficient (Wildman–Crippen LogP) is 4.11. The number of alkyl halides is 3. The Morgan fingerprint density at radius 2 is 2.00 bits per heavy atom. The fourth-order valence-electron chi connectivity index (χ4n) is 1.39. The van der Waals surface area contributed by atoms with Crippen LogP contribution in [-0.4, -0.2) is 19.8 Å². The molecule has 0 heterocycles. The third-order valence-corrected chi connectivity index (χ3v) is 3.11. The zero-order chi connectivity index (χ0) is 13.9. The molecule has 0 spiro atoms. The normalized spacial score (nSPS) is 15.4. The highest BCUT2D eigenvalue weighted by Gasteiger charge is 2.32. The highest BCUT2D eigenvalue weighted by Crippen LogP contribution is 2.33. The van der Waals surface area contributed by atoms with Crippen LogP contribution in [0, 0.1) is 5.92 Å². The molecule has 3 nitrogen and oxygen atoms in total. The molecule has 0 aromatic heterocycles. The van der Waals surface area contributed by atoms with Gasteiger partial charge in [-0.1, -0.05) is 0 Å². The summed E-state index contributed by atoms with van der Waals surface area (Å²) in [7, 11) is 0. The minimum atomic E-state index is -4.71. The van der Waals surface area contributed by atoms with Gasteiger partial charge < -0.3 is 14.2 Å². The number of hydrogen-bond acceptors (Lipinski definition) is 3. The van der Waals surface area contributed by atoms with Crippen molar-refractivity contribution in [3.63, 3.8) is 0 Å². The van der Waals surface area contributed by atoms with Crippen molar-refractivity contribution in [1.29, 1.82) is 0 Å². The lowest BCUT2D eigenvalue weighted by atomic mass is 10.3. The molecule has 0 amide bonds. The number of benzene rings is 1. The number of halogens is 4. The average molecular weight is 341 g/mol. The third kappa shape index (κ3) is 5.28. The van der Waals surface area contributed by atoms with Crippen LogP contribution in [0.2, 0.25) is 0 Å². The van der Waals surface area contributed by atoms with Crippen molar-refractivity contribution in [3.8, 4) is 11.5 Å². The van der Waals surface area contributed by atoms with Crippen LogP contribution in [-0.2, 0) is 4.74 Å². The lowest BCUT2D eigenvalue weighted by Crippen LogP contribution is -2.17. The third-order valence-electron chi connectivity index (χ3n) is 2.49. The van der Waals surface area contributed by atoms with E-state index in [2.05, 4.69) is 20.7 Å². The molecule has 0 unspecified atom stereocenters. The van der Waals surface area contributed by atoms with E-state index in [1.807, 2.05) is 0 Å². The zero-order valence-electron chi connectivity index (χ0n) is 9.87. The molecular weight excluding hydrogens is 329 g/mol. The van der Waals surface area contributed by atoms with Crippen molar-refractivity contribution in [2.24, 2.45) is 5.92 Å². The number of rotatable bonds is 6. The molecule has 2 rings (SSSR count). The summed E-state index contributed by atoms with van der Waals surface area (Å²) in [6.07, 6.45) is -2.33. The Kier molecular flexibility index (Phi) is 4.57. The van der Waals surface area contributed by atoms with E-state index in [4.69, 9.17) is 9.47 Å². The Labute approximate surface area is 116 Å². The molecule has 0 bridgehead atoms. The van der Waals surface area contributed by atoms with Crippen LogP contribution >= 0.6 is 15.9 Å². The standard InChI is InChI=1S/C12H12BrF3O3/c13-10-5-9(18-7-17-6-8-1-2-8)3-4-11(10)19-12(14,15)16/h3-5,8H,1-2,6-7H2. The van der Waals surface area contributed by atoms with Crippen LogP contribution in [0.5, 0.6) is 11.5 Å². The summed E-state index contributed by atoms with van der Waals surface area (Å²) < 4.78 is 50.7. The molecule has 1 aliphatic carbocycles. The molecule has 1 aliphatic rings. The summed E-state index contributed by atoms with van der Waals surface area (Å²) >= 11 is 3.00. The first-order valence-corrected chi connectivity index (χ1v) is 6.49. The van der Waals surface area contributed by atoms with Gasteiger partial charge >= 0.3 is 6.36 Å². The maximum Gasteiger partial charge on any atom is 0.573 e. The largest absolute Gasteiger partial charge is 0.573 e. The number of hydrogen-bond donors (Lipinski definition) is 0. The second-order valence-electron chi connectivity index (χ2n) is 4.22. The van der Waals surface area contributed by atoms with Crippen LogP contribution in [0.3, 0.4) is 0 Å². The summed E-state index contributed by atoms with van der Waals surface area (Å²) in [6, 6.07) is 3.99. The van der Waals surface area contributed by atoms with Crippen molar-refractivity contribution in [2.75, 3.05) is 13.4 Å². The van der Waals surface area contributed by atoms with E-state index in [9.17, 15) is 13.2 Å². The smallest absolute Gasteiger partial charge is 0.468 e. The second kappa shape index (κ2) is 6.00. The topological polar surface area (TPSA) is 27.7 Å². The zero-order valence-corrected chi connectivity index (χ0v) is 11.5. The van der Waals surface area contributed by atoms with E-state index < -0.39 is 6.36 Å². The van der Waals surface area contributed by atoms with Crippen molar-refractivity contribution in [2.45, 2.75) is 19.2 Å². The summed E-state index contributed by atoms with van der Waals surface area (Å²) in [4.78, 5) is 0. The lowest BCUT2D eigenvalue weighted by molar-refractivity contribution is -0.274. The fourth-order valence-corrected chi connectivity index (χ4v) is 1.83. The van der Waals surface area contributed by atoms with Crippen molar-refractivity contribution in [3.05, 3.63) is 22.7 Å². The summed E-state index contributed by atoms with van der Waals surface area (Å²) in [6.45, 7) is 0.749. The van der Waals surface area contributed by atoms with Gasteiger partial charge in [0.25, 0.3) is 0 Å². The predicted molar refractivity (Wildman–Crippen MR) is 65.0 cm³/mol. The molecule has 1 fully saturated rings. The maximum absolute atomic E-state index is 12.1. The highest BCUT2D eigenvalue weighted by molar-refractivity contribution is 9.10. The van der Waals surface area contributed by atoms with Crippen molar-refractivity contribution in [1.82, 2.24) is 0 Å². The van der Waals surface area contributed by atoms with Gasteiger partial charge in [-0.15, -0.1) is 13.2 Å². The second-order valence-corrected chi connectivity index (χ2v) is 5.07. The quantitative estimate of drug-likeness (QED) is 0.576. The molecule has 0 saturated heterocycles. The van der Waals surface area contributed by atoms with Gasteiger partial charge in [-0.05, 0) is 52.9 Å². The van der Waals surface area contributed by atoms with Crippen LogP contribution in [0.4, 0.5) is 13.2 Å². The Bertz CT molecular complexity index is 433. The Morgan fingerprint density at radius 3 is 2.58 bits per heavy atom. The minimum Gasteiger partial charge on any atom is -0.468 e. The number of ether oxygens (including phenoxy) is 3. The van der Waals surface area contributed by atoms with E-state index in [-0.39, 0.29) is 17.0 Å². The SMILES string of the molecule is FC(F)(F)Oc1ccc(OCOCC2CC2)cc1Br. The molecule has 1 aromatic carbocycles. The first-order chi connectivity index (χ1) is 8.94. The van der Waals surface area contributed by atoms with Gasteiger partial charge in [0.1, 0.15) is 11.5 Å². The van der Waals surface area contributed by atoms with Gasteiger partial charge in [0.2, 0.25) is 0 Å². The van der Waals surface area contributed by atoms with Gasteiger partial charge in [0.15, 0.2) is 6.79 Å². The molecule has 1 saturated carbocycles. The first kappa shape index (κ1) is 14.5.